The molecule has 1 aliphatic heterocycles. The third-order valence-electron chi connectivity index (χ3n) is 1.60. The van der Waals surface area contributed by atoms with Gasteiger partial charge in [0.15, 0.2) is 0 Å². The standard InChI is InChI=1S/C8H5ClN2O2S/c9-6-2-1-4(14-6)3-5-7(12)11-8(13)10-5/h1-3H,(H2,10,11,12,13)/b5-3-. The van der Waals surface area contributed by atoms with Gasteiger partial charge in [0, 0.05) is 4.88 Å². The van der Waals surface area contributed by atoms with E-state index in [0.717, 1.165) is 4.88 Å². The zero-order chi connectivity index (χ0) is 10.1. The molecular formula is C8H5ClN2O2S. The number of carbonyl (C=O) groups excluding carboxylic acids is 2. The van der Waals surface area contributed by atoms with Crippen LogP contribution in [0.25, 0.3) is 6.08 Å². The van der Waals surface area contributed by atoms with Gasteiger partial charge in [-0.3, -0.25) is 10.1 Å². The van der Waals surface area contributed by atoms with Crippen LogP contribution < -0.4 is 10.6 Å². The number of amides is 3. The van der Waals surface area contributed by atoms with Crippen molar-refractivity contribution < 1.29 is 9.59 Å². The predicted molar refractivity (Wildman–Crippen MR) is 54.0 cm³/mol. The summed E-state index contributed by atoms with van der Waals surface area (Å²) in [4.78, 5) is 22.7. The maximum absolute atomic E-state index is 11.1. The second-order valence-corrected chi connectivity index (χ2v) is 4.35. The van der Waals surface area contributed by atoms with E-state index in [1.165, 1.54) is 11.3 Å². The lowest BCUT2D eigenvalue weighted by Crippen LogP contribution is -2.22. The van der Waals surface area contributed by atoms with Gasteiger partial charge in [0.05, 0.1) is 4.34 Å². The molecule has 2 N–H and O–H groups in total. The summed E-state index contributed by atoms with van der Waals surface area (Å²) in [6, 6.07) is 3.01. The summed E-state index contributed by atoms with van der Waals surface area (Å²) in [5, 5.41) is 4.49. The highest BCUT2D eigenvalue weighted by atomic mass is 35.5. The summed E-state index contributed by atoms with van der Waals surface area (Å²) in [6.07, 6.45) is 1.58. The van der Waals surface area contributed by atoms with Crippen LogP contribution in [0.15, 0.2) is 17.8 Å². The lowest BCUT2D eigenvalue weighted by atomic mass is 10.3. The van der Waals surface area contributed by atoms with Crippen LogP contribution in [0.3, 0.4) is 0 Å². The summed E-state index contributed by atoms with van der Waals surface area (Å²) in [5.74, 6) is -0.417. The van der Waals surface area contributed by atoms with Crippen LogP contribution in [0.5, 0.6) is 0 Å². The molecule has 3 amide bonds. The molecule has 0 aromatic carbocycles. The molecule has 1 fully saturated rings. The maximum Gasteiger partial charge on any atom is 0.326 e. The molecule has 2 rings (SSSR count). The average molecular weight is 229 g/mol. The highest BCUT2D eigenvalue weighted by Gasteiger charge is 2.22. The first-order valence-corrected chi connectivity index (χ1v) is 4.94. The van der Waals surface area contributed by atoms with Crippen molar-refractivity contribution in [2.24, 2.45) is 0 Å². The lowest BCUT2D eigenvalue weighted by molar-refractivity contribution is -0.115. The van der Waals surface area contributed by atoms with Gasteiger partial charge in [0.25, 0.3) is 5.91 Å². The minimum atomic E-state index is -0.496. The number of halogens is 1. The highest BCUT2D eigenvalue weighted by molar-refractivity contribution is 7.17. The molecule has 0 bridgehead atoms. The Kier molecular flexibility index (Phi) is 2.26. The molecule has 6 heteroatoms. The van der Waals surface area contributed by atoms with Gasteiger partial charge in [0.1, 0.15) is 5.70 Å². The van der Waals surface area contributed by atoms with E-state index < -0.39 is 11.9 Å². The molecule has 14 heavy (non-hydrogen) atoms. The number of hydrogen-bond donors (Lipinski definition) is 2. The fourth-order valence-corrected chi connectivity index (χ4v) is 2.03. The van der Waals surface area contributed by atoms with Crippen LogP contribution in [0, 0.1) is 0 Å². The van der Waals surface area contributed by atoms with Crippen molar-refractivity contribution in [1.82, 2.24) is 10.6 Å². The van der Waals surface area contributed by atoms with Gasteiger partial charge in [-0.05, 0) is 18.2 Å². The van der Waals surface area contributed by atoms with Gasteiger partial charge in [-0.15, -0.1) is 11.3 Å². The molecule has 2 heterocycles. The summed E-state index contributed by atoms with van der Waals surface area (Å²) in [5.41, 5.74) is 0.244. The van der Waals surface area contributed by atoms with Crippen molar-refractivity contribution in [2.75, 3.05) is 0 Å². The molecule has 1 aromatic rings. The van der Waals surface area contributed by atoms with Gasteiger partial charge in [-0.2, -0.15) is 0 Å². The van der Waals surface area contributed by atoms with E-state index in [-0.39, 0.29) is 5.70 Å². The first kappa shape index (κ1) is 9.23. The van der Waals surface area contributed by atoms with Crippen molar-refractivity contribution in [3.05, 3.63) is 27.0 Å². The van der Waals surface area contributed by atoms with E-state index in [2.05, 4.69) is 10.6 Å². The predicted octanol–water partition coefficient (Wildman–Crippen LogP) is 1.58. The molecule has 0 atom stereocenters. The topological polar surface area (TPSA) is 58.2 Å². The third kappa shape index (κ3) is 1.78. The largest absolute Gasteiger partial charge is 0.326 e. The van der Waals surface area contributed by atoms with Gasteiger partial charge in [0.2, 0.25) is 0 Å². The van der Waals surface area contributed by atoms with Crippen molar-refractivity contribution in [3.8, 4) is 0 Å². The highest BCUT2D eigenvalue weighted by Crippen LogP contribution is 2.23. The third-order valence-corrected chi connectivity index (χ3v) is 2.78. The molecule has 0 spiro atoms. The van der Waals surface area contributed by atoms with E-state index in [1.54, 1.807) is 18.2 Å². The number of thiophene rings is 1. The number of hydrogen-bond acceptors (Lipinski definition) is 3. The molecule has 1 saturated heterocycles. The molecule has 1 aromatic heterocycles. The van der Waals surface area contributed by atoms with Crippen LogP contribution in [0.4, 0.5) is 4.79 Å². The van der Waals surface area contributed by atoms with E-state index >= 15 is 0 Å². The van der Waals surface area contributed by atoms with E-state index in [1.807, 2.05) is 0 Å². The molecule has 0 saturated carbocycles. The zero-order valence-corrected chi connectivity index (χ0v) is 8.41. The normalized spacial score (nSPS) is 18.5. The molecule has 0 unspecified atom stereocenters. The maximum atomic E-state index is 11.1. The number of imide groups is 1. The Hall–Kier alpha value is -1.33. The Morgan fingerprint density at radius 1 is 1.29 bits per heavy atom. The van der Waals surface area contributed by atoms with Crippen molar-refractivity contribution >= 4 is 41.0 Å². The first-order valence-electron chi connectivity index (χ1n) is 3.74. The molecule has 4 nitrogen and oxygen atoms in total. The van der Waals surface area contributed by atoms with Crippen LogP contribution in [-0.4, -0.2) is 11.9 Å². The van der Waals surface area contributed by atoms with Crippen molar-refractivity contribution in [1.29, 1.82) is 0 Å². The number of nitrogens with one attached hydrogen (secondary N) is 2. The molecular weight excluding hydrogens is 224 g/mol. The Bertz CT molecular complexity index is 438. The van der Waals surface area contributed by atoms with Gasteiger partial charge in [-0.25, -0.2) is 4.79 Å². The van der Waals surface area contributed by atoms with Gasteiger partial charge < -0.3 is 5.32 Å². The van der Waals surface area contributed by atoms with E-state index in [0.29, 0.717) is 4.34 Å². The van der Waals surface area contributed by atoms with Gasteiger partial charge in [-0.1, -0.05) is 11.6 Å². The van der Waals surface area contributed by atoms with Crippen LogP contribution in [0.1, 0.15) is 4.88 Å². The Morgan fingerprint density at radius 2 is 2.07 bits per heavy atom. The minimum absolute atomic E-state index is 0.244. The van der Waals surface area contributed by atoms with Crippen LogP contribution in [-0.2, 0) is 4.79 Å². The second kappa shape index (κ2) is 3.43. The number of carbonyl (C=O) groups is 2. The fourth-order valence-electron chi connectivity index (χ4n) is 1.03. The fraction of sp³-hybridized carbons (Fsp3) is 0. The SMILES string of the molecule is O=C1NC(=O)/C(=C/c2ccc(Cl)s2)N1. The first-order chi connectivity index (χ1) is 6.65. The zero-order valence-electron chi connectivity index (χ0n) is 6.83. The second-order valence-electron chi connectivity index (χ2n) is 2.61. The van der Waals surface area contributed by atoms with Crippen molar-refractivity contribution in [2.45, 2.75) is 0 Å². The van der Waals surface area contributed by atoms with Gasteiger partial charge >= 0.3 is 6.03 Å². The number of urea groups is 1. The average Bonchev–Trinajstić information content (AvgIpc) is 2.61. The molecule has 0 aliphatic carbocycles. The van der Waals surface area contributed by atoms with E-state index in [4.69, 9.17) is 11.6 Å². The molecule has 0 radical (unpaired) electrons. The quantitative estimate of drug-likeness (QED) is 0.566. The Labute approximate surface area is 88.6 Å². The summed E-state index contributed by atoms with van der Waals surface area (Å²) in [7, 11) is 0. The van der Waals surface area contributed by atoms with Crippen LogP contribution >= 0.6 is 22.9 Å². The van der Waals surface area contributed by atoms with E-state index in [9.17, 15) is 9.59 Å². The smallest absolute Gasteiger partial charge is 0.303 e. The Morgan fingerprint density at radius 3 is 2.57 bits per heavy atom. The molecule has 72 valence electrons. The van der Waals surface area contributed by atoms with Crippen molar-refractivity contribution in [3.63, 3.8) is 0 Å². The summed E-state index contributed by atoms with van der Waals surface area (Å²) in [6.45, 7) is 0. The lowest BCUT2D eigenvalue weighted by Gasteiger charge is -1.90. The Balaban J connectivity index is 2.27. The number of rotatable bonds is 1. The molecule has 1 aliphatic rings. The van der Waals surface area contributed by atoms with Crippen LogP contribution in [0.2, 0.25) is 4.34 Å². The minimum Gasteiger partial charge on any atom is -0.303 e. The summed E-state index contributed by atoms with van der Waals surface area (Å²) >= 11 is 7.05. The monoisotopic (exact) mass is 228 g/mol. The summed E-state index contributed by atoms with van der Waals surface area (Å²) < 4.78 is 0.640.